The lowest BCUT2D eigenvalue weighted by molar-refractivity contribution is -0.181. The summed E-state index contributed by atoms with van der Waals surface area (Å²) in [7, 11) is 0. The molecule has 7 heteroatoms. The van der Waals surface area contributed by atoms with Crippen molar-refractivity contribution in [2.75, 3.05) is 26.3 Å². The van der Waals surface area contributed by atoms with Crippen molar-refractivity contribution in [2.45, 2.75) is 32.5 Å². The Bertz CT molecular complexity index is 1020. The summed E-state index contributed by atoms with van der Waals surface area (Å²) in [6.45, 7) is 6.78. The van der Waals surface area contributed by atoms with E-state index in [9.17, 15) is 4.79 Å². The van der Waals surface area contributed by atoms with Gasteiger partial charge in [-0.15, -0.1) is 0 Å². The molecule has 1 amide bonds. The minimum atomic E-state index is -0.459. The van der Waals surface area contributed by atoms with Crippen molar-refractivity contribution in [3.8, 4) is 5.13 Å². The Morgan fingerprint density at radius 2 is 1.75 bits per heavy atom. The zero-order valence-electron chi connectivity index (χ0n) is 16.1. The molecular weight excluding hydrogens is 374 g/mol. The molecule has 0 N–H and O–H groups in total. The molecule has 6 nitrogen and oxygen atoms in total. The molecule has 146 valence electrons. The molecule has 2 saturated heterocycles. The molecule has 5 rings (SSSR count). The number of aryl methyl sites for hydroxylation is 2. The number of thiazole rings is 1. The van der Waals surface area contributed by atoms with Gasteiger partial charge in [-0.25, -0.2) is 4.98 Å². The molecule has 0 atom stereocenters. The molecule has 0 unspecified atom stereocenters. The van der Waals surface area contributed by atoms with Gasteiger partial charge >= 0.3 is 0 Å². The molecule has 2 aliphatic heterocycles. The highest BCUT2D eigenvalue weighted by Gasteiger charge is 2.40. The first-order valence-corrected chi connectivity index (χ1v) is 10.5. The molecule has 1 aromatic carbocycles. The number of rotatable bonds is 2. The van der Waals surface area contributed by atoms with Crippen LogP contribution in [0.1, 0.15) is 34.6 Å². The van der Waals surface area contributed by atoms with Gasteiger partial charge in [-0.05, 0) is 44.2 Å². The average molecular weight is 398 g/mol. The van der Waals surface area contributed by atoms with E-state index < -0.39 is 5.79 Å². The van der Waals surface area contributed by atoms with Crippen LogP contribution in [0.25, 0.3) is 15.3 Å². The summed E-state index contributed by atoms with van der Waals surface area (Å²) in [5.74, 6) is -0.391. The largest absolute Gasteiger partial charge is 0.347 e. The van der Waals surface area contributed by atoms with Crippen LogP contribution < -0.4 is 0 Å². The number of hydrogen-bond acceptors (Lipinski definition) is 5. The molecule has 0 saturated carbocycles. The van der Waals surface area contributed by atoms with Crippen LogP contribution >= 0.6 is 11.3 Å². The smallest absolute Gasteiger partial charge is 0.253 e. The van der Waals surface area contributed by atoms with E-state index in [2.05, 4.69) is 30.5 Å². The fourth-order valence-corrected chi connectivity index (χ4v) is 5.25. The Hall–Kier alpha value is -2.22. The molecule has 2 aliphatic rings. The number of piperidine rings is 1. The summed E-state index contributed by atoms with van der Waals surface area (Å²) in [4.78, 5) is 19.7. The van der Waals surface area contributed by atoms with Gasteiger partial charge in [0, 0.05) is 42.9 Å². The fraction of sp³-hybridized carbons (Fsp3) is 0.429. The van der Waals surface area contributed by atoms with E-state index in [0.29, 0.717) is 31.9 Å². The summed E-state index contributed by atoms with van der Waals surface area (Å²) in [6, 6.07) is 10.00. The standard InChI is InChI=1S/C21H23N3O3S/c1-14-3-4-15(2)24(14)20-22-17-6-5-16(13-18(17)28-20)19(25)23-9-7-21(8-10-23)26-11-12-27-21/h3-6,13H,7-12H2,1-2H3. The number of carbonyl (C=O) groups excluding carboxylic acids is 1. The minimum absolute atomic E-state index is 0.0676. The monoisotopic (exact) mass is 397 g/mol. The molecule has 2 aromatic heterocycles. The zero-order valence-corrected chi connectivity index (χ0v) is 16.9. The molecule has 0 aliphatic carbocycles. The van der Waals surface area contributed by atoms with Crippen LogP contribution in [0.2, 0.25) is 0 Å². The van der Waals surface area contributed by atoms with Gasteiger partial charge in [0.05, 0.1) is 23.4 Å². The van der Waals surface area contributed by atoms with Gasteiger partial charge in [0.2, 0.25) is 0 Å². The molecule has 0 bridgehead atoms. The van der Waals surface area contributed by atoms with Crippen LogP contribution in [0.5, 0.6) is 0 Å². The highest BCUT2D eigenvalue weighted by atomic mass is 32.1. The summed E-state index contributed by atoms with van der Waals surface area (Å²) < 4.78 is 14.7. The van der Waals surface area contributed by atoms with E-state index in [1.807, 2.05) is 23.1 Å². The predicted octanol–water partition coefficient (Wildman–Crippen LogP) is 3.68. The zero-order chi connectivity index (χ0) is 19.3. The fourth-order valence-electron chi connectivity index (χ4n) is 4.13. The van der Waals surface area contributed by atoms with E-state index in [1.54, 1.807) is 11.3 Å². The van der Waals surface area contributed by atoms with Crippen LogP contribution in [0.3, 0.4) is 0 Å². The molecule has 1 spiro atoms. The summed E-state index contributed by atoms with van der Waals surface area (Å²) in [5, 5.41) is 0.940. The highest BCUT2D eigenvalue weighted by molar-refractivity contribution is 7.20. The number of likely N-dealkylation sites (tertiary alicyclic amines) is 1. The van der Waals surface area contributed by atoms with Crippen molar-refractivity contribution >= 4 is 27.5 Å². The Labute approximate surface area is 167 Å². The van der Waals surface area contributed by atoms with Crippen molar-refractivity contribution < 1.29 is 14.3 Å². The Balaban J connectivity index is 1.38. The van der Waals surface area contributed by atoms with Crippen molar-refractivity contribution in [2.24, 2.45) is 0 Å². The van der Waals surface area contributed by atoms with Crippen molar-refractivity contribution in [3.05, 3.63) is 47.3 Å². The number of ether oxygens (including phenoxy) is 2. The first-order valence-electron chi connectivity index (χ1n) is 9.68. The molecule has 2 fully saturated rings. The van der Waals surface area contributed by atoms with E-state index in [1.165, 1.54) is 0 Å². The number of benzene rings is 1. The van der Waals surface area contributed by atoms with Gasteiger partial charge < -0.3 is 14.4 Å². The SMILES string of the molecule is Cc1ccc(C)n1-c1nc2ccc(C(=O)N3CCC4(CC3)OCCO4)cc2s1. The van der Waals surface area contributed by atoms with Crippen molar-refractivity contribution in [3.63, 3.8) is 0 Å². The second kappa shape index (κ2) is 6.69. The van der Waals surface area contributed by atoms with Crippen LogP contribution in [0, 0.1) is 13.8 Å². The average Bonchev–Trinajstić information content (AvgIpc) is 3.40. The Morgan fingerprint density at radius 1 is 1.07 bits per heavy atom. The van der Waals surface area contributed by atoms with Gasteiger partial charge in [0.25, 0.3) is 5.91 Å². The van der Waals surface area contributed by atoms with Gasteiger partial charge in [-0.3, -0.25) is 9.36 Å². The Kier molecular flexibility index (Phi) is 4.26. The van der Waals surface area contributed by atoms with E-state index in [0.717, 1.165) is 39.6 Å². The normalized spacial score (nSPS) is 19.0. The molecule has 4 heterocycles. The second-order valence-corrected chi connectivity index (χ2v) is 8.54. The van der Waals surface area contributed by atoms with Crippen LogP contribution in [-0.2, 0) is 9.47 Å². The lowest BCUT2D eigenvalue weighted by Crippen LogP contribution is -2.47. The third kappa shape index (κ3) is 2.94. The first-order chi connectivity index (χ1) is 13.5. The number of nitrogens with zero attached hydrogens (tertiary/aromatic N) is 3. The van der Waals surface area contributed by atoms with Crippen LogP contribution in [0.15, 0.2) is 30.3 Å². The van der Waals surface area contributed by atoms with Gasteiger partial charge in [0.1, 0.15) is 0 Å². The quantitative estimate of drug-likeness (QED) is 0.662. The summed E-state index contributed by atoms with van der Waals surface area (Å²) >= 11 is 1.62. The topological polar surface area (TPSA) is 56.6 Å². The van der Waals surface area contributed by atoms with E-state index in [-0.39, 0.29) is 5.91 Å². The van der Waals surface area contributed by atoms with E-state index in [4.69, 9.17) is 14.5 Å². The summed E-state index contributed by atoms with van der Waals surface area (Å²) in [5.41, 5.74) is 3.96. The van der Waals surface area contributed by atoms with Gasteiger partial charge in [-0.1, -0.05) is 11.3 Å². The number of aromatic nitrogens is 2. The minimum Gasteiger partial charge on any atom is -0.347 e. The van der Waals surface area contributed by atoms with Crippen molar-refractivity contribution in [1.29, 1.82) is 0 Å². The van der Waals surface area contributed by atoms with E-state index >= 15 is 0 Å². The first kappa shape index (κ1) is 17.8. The molecule has 28 heavy (non-hydrogen) atoms. The van der Waals surface area contributed by atoms with Crippen molar-refractivity contribution in [1.82, 2.24) is 14.5 Å². The van der Waals surface area contributed by atoms with Gasteiger partial charge in [-0.2, -0.15) is 0 Å². The van der Waals surface area contributed by atoms with Gasteiger partial charge in [0.15, 0.2) is 10.9 Å². The lowest BCUT2D eigenvalue weighted by Gasteiger charge is -2.37. The Morgan fingerprint density at radius 3 is 2.43 bits per heavy atom. The molecule has 0 radical (unpaired) electrons. The third-order valence-corrected chi connectivity index (χ3v) is 6.72. The van der Waals surface area contributed by atoms with Crippen LogP contribution in [0.4, 0.5) is 0 Å². The molecular formula is C21H23N3O3S. The number of amides is 1. The number of hydrogen-bond donors (Lipinski definition) is 0. The third-order valence-electron chi connectivity index (χ3n) is 5.71. The number of fused-ring (bicyclic) bond motifs is 1. The summed E-state index contributed by atoms with van der Waals surface area (Å²) in [6.07, 6.45) is 1.47. The molecule has 3 aromatic rings. The maximum absolute atomic E-state index is 13.0. The predicted molar refractivity (Wildman–Crippen MR) is 108 cm³/mol. The van der Waals surface area contributed by atoms with Crippen LogP contribution in [-0.4, -0.2) is 52.4 Å². The lowest BCUT2D eigenvalue weighted by atomic mass is 10.0. The highest BCUT2D eigenvalue weighted by Crippen LogP contribution is 2.33. The maximum atomic E-state index is 13.0. The maximum Gasteiger partial charge on any atom is 0.253 e. The number of carbonyl (C=O) groups is 1. The second-order valence-electron chi connectivity index (χ2n) is 7.53.